The molecule has 0 unspecified atom stereocenters. The Morgan fingerprint density at radius 2 is 1.92 bits per heavy atom. The van der Waals surface area contributed by atoms with Crippen molar-refractivity contribution < 1.29 is 14.0 Å². The van der Waals surface area contributed by atoms with Gasteiger partial charge < -0.3 is 10.2 Å². The summed E-state index contributed by atoms with van der Waals surface area (Å²) >= 11 is 6.58. The van der Waals surface area contributed by atoms with Crippen LogP contribution >= 0.6 is 11.6 Å². The SMILES string of the molecule is Cc1cnc(-c2cccc(C(=O)N(C)C)c2F)cc1-n1c(C)cc([C@H]2C[C@@H]2C(=O)NC2CC2)c(Cl)c1=O. The zero-order valence-corrected chi connectivity index (χ0v) is 21.9. The molecule has 0 aliphatic heterocycles. The highest BCUT2D eigenvalue weighted by Crippen LogP contribution is 2.49. The van der Waals surface area contributed by atoms with Crippen LogP contribution in [0.1, 0.15) is 52.4 Å². The van der Waals surface area contributed by atoms with Crippen LogP contribution in [0.25, 0.3) is 16.9 Å². The van der Waals surface area contributed by atoms with Crippen molar-refractivity contribution in [3.05, 3.63) is 80.1 Å². The lowest BCUT2D eigenvalue weighted by Crippen LogP contribution is -2.27. The van der Waals surface area contributed by atoms with Crippen LogP contribution in [0.5, 0.6) is 0 Å². The zero-order chi connectivity index (χ0) is 26.6. The van der Waals surface area contributed by atoms with Crippen LogP contribution in [-0.4, -0.2) is 46.4 Å². The first-order valence-corrected chi connectivity index (χ1v) is 12.7. The first-order valence-electron chi connectivity index (χ1n) is 12.3. The number of carbonyl (C=O) groups excluding carboxylic acids is 2. The van der Waals surface area contributed by atoms with E-state index in [0.29, 0.717) is 28.9 Å². The number of carbonyl (C=O) groups is 2. The molecule has 0 bridgehead atoms. The molecule has 3 aromatic rings. The Hall–Kier alpha value is -3.52. The third-order valence-corrected chi connectivity index (χ3v) is 7.42. The van der Waals surface area contributed by atoms with Gasteiger partial charge in [-0.25, -0.2) is 4.39 Å². The summed E-state index contributed by atoms with van der Waals surface area (Å²) in [5, 5.41) is 3.11. The number of halogens is 2. The van der Waals surface area contributed by atoms with E-state index in [1.165, 1.54) is 15.5 Å². The normalized spacial score (nSPS) is 18.4. The number of nitrogens with zero attached hydrogens (tertiary/aromatic N) is 3. The molecule has 7 nitrogen and oxygen atoms in total. The quantitative estimate of drug-likeness (QED) is 0.520. The van der Waals surface area contributed by atoms with E-state index in [1.807, 2.05) is 6.07 Å². The molecule has 2 aliphatic carbocycles. The van der Waals surface area contributed by atoms with E-state index in [9.17, 15) is 14.4 Å². The van der Waals surface area contributed by atoms with Crippen LogP contribution in [0.15, 0.2) is 41.3 Å². The minimum absolute atomic E-state index is 0.0250. The fourth-order valence-electron chi connectivity index (χ4n) is 4.71. The number of aromatic nitrogens is 2. The number of nitrogens with one attached hydrogen (secondary N) is 1. The van der Waals surface area contributed by atoms with E-state index in [0.717, 1.165) is 12.8 Å². The molecule has 2 saturated carbocycles. The predicted octanol–water partition coefficient (Wildman–Crippen LogP) is 4.39. The van der Waals surface area contributed by atoms with E-state index >= 15 is 4.39 Å². The molecule has 37 heavy (non-hydrogen) atoms. The monoisotopic (exact) mass is 522 g/mol. The topological polar surface area (TPSA) is 84.3 Å². The van der Waals surface area contributed by atoms with Gasteiger partial charge in [0.25, 0.3) is 11.5 Å². The lowest BCUT2D eigenvalue weighted by atomic mass is 10.0. The van der Waals surface area contributed by atoms with Crippen LogP contribution in [-0.2, 0) is 4.79 Å². The van der Waals surface area contributed by atoms with Crippen molar-refractivity contribution in [2.45, 2.75) is 45.1 Å². The summed E-state index contributed by atoms with van der Waals surface area (Å²) in [4.78, 5) is 44.0. The molecule has 5 rings (SSSR count). The van der Waals surface area contributed by atoms with E-state index in [-0.39, 0.29) is 45.6 Å². The minimum Gasteiger partial charge on any atom is -0.353 e. The minimum atomic E-state index is -0.676. The average molecular weight is 523 g/mol. The number of amides is 2. The lowest BCUT2D eigenvalue weighted by molar-refractivity contribution is -0.122. The number of rotatable bonds is 6. The summed E-state index contributed by atoms with van der Waals surface area (Å²) in [7, 11) is 3.12. The summed E-state index contributed by atoms with van der Waals surface area (Å²) in [6, 6.07) is 8.36. The molecule has 0 spiro atoms. The summed E-state index contributed by atoms with van der Waals surface area (Å²) in [5.74, 6) is -1.35. The van der Waals surface area contributed by atoms with Crippen molar-refractivity contribution in [1.82, 2.24) is 19.8 Å². The smallest absolute Gasteiger partial charge is 0.274 e. The predicted molar refractivity (Wildman–Crippen MR) is 140 cm³/mol. The number of aryl methyl sites for hydroxylation is 2. The van der Waals surface area contributed by atoms with Crippen LogP contribution in [0.2, 0.25) is 5.02 Å². The molecule has 2 aliphatic rings. The highest BCUT2D eigenvalue weighted by molar-refractivity contribution is 6.31. The van der Waals surface area contributed by atoms with Crippen LogP contribution in [0.3, 0.4) is 0 Å². The molecule has 2 atom stereocenters. The highest BCUT2D eigenvalue weighted by atomic mass is 35.5. The van der Waals surface area contributed by atoms with Crippen LogP contribution in [0, 0.1) is 25.6 Å². The maximum absolute atomic E-state index is 15.4. The van der Waals surface area contributed by atoms with Gasteiger partial charge in [0, 0.05) is 43.5 Å². The standard InChI is InChI=1S/C28H28ClFN4O3/c1-14-13-31-22(17-6-5-7-18(25(17)30)27(36)33(3)4)12-23(14)34-15(2)10-20(24(29)28(34)37)19-11-21(19)26(35)32-16-8-9-16/h5-7,10,12-13,16,19,21H,8-9,11H2,1-4H3,(H,32,35)/t19-,21+/m1/s1. The van der Waals surface area contributed by atoms with Gasteiger partial charge in [0.1, 0.15) is 10.8 Å². The van der Waals surface area contributed by atoms with Gasteiger partial charge in [-0.05, 0) is 74.4 Å². The molecular weight excluding hydrogens is 495 g/mol. The Bertz CT molecular complexity index is 1500. The molecular formula is C28H28ClFN4O3. The van der Waals surface area contributed by atoms with Gasteiger partial charge in [0.15, 0.2) is 0 Å². The van der Waals surface area contributed by atoms with Crippen molar-refractivity contribution in [2.24, 2.45) is 5.92 Å². The zero-order valence-electron chi connectivity index (χ0n) is 21.1. The fourth-order valence-corrected chi connectivity index (χ4v) is 4.98. The molecule has 2 fully saturated rings. The lowest BCUT2D eigenvalue weighted by Gasteiger charge is -2.17. The van der Waals surface area contributed by atoms with Gasteiger partial charge >= 0.3 is 0 Å². The van der Waals surface area contributed by atoms with Gasteiger partial charge in [-0.15, -0.1) is 0 Å². The van der Waals surface area contributed by atoms with Gasteiger partial charge in [-0.2, -0.15) is 0 Å². The molecule has 2 aromatic heterocycles. The Morgan fingerprint density at radius 1 is 1.19 bits per heavy atom. The van der Waals surface area contributed by atoms with Crippen molar-refractivity contribution in [3.63, 3.8) is 0 Å². The summed E-state index contributed by atoms with van der Waals surface area (Å²) in [5.41, 5.74) is 2.54. The third-order valence-electron chi connectivity index (χ3n) is 7.04. The Balaban J connectivity index is 1.52. The largest absolute Gasteiger partial charge is 0.353 e. The summed E-state index contributed by atoms with van der Waals surface area (Å²) in [6.45, 7) is 3.61. The van der Waals surface area contributed by atoms with Crippen molar-refractivity contribution in [3.8, 4) is 16.9 Å². The van der Waals surface area contributed by atoms with Gasteiger partial charge in [0.2, 0.25) is 5.91 Å². The molecule has 2 amide bonds. The van der Waals surface area contributed by atoms with Gasteiger partial charge in [-0.3, -0.25) is 23.9 Å². The second-order valence-electron chi connectivity index (χ2n) is 10.1. The van der Waals surface area contributed by atoms with E-state index in [1.54, 1.807) is 52.3 Å². The average Bonchev–Trinajstić information content (AvgIpc) is 3.78. The fraction of sp³-hybridized carbons (Fsp3) is 0.357. The Labute approximate surface area is 219 Å². The maximum Gasteiger partial charge on any atom is 0.274 e. The number of pyridine rings is 2. The van der Waals surface area contributed by atoms with Crippen molar-refractivity contribution >= 4 is 23.4 Å². The van der Waals surface area contributed by atoms with Crippen LogP contribution in [0.4, 0.5) is 4.39 Å². The first-order chi connectivity index (χ1) is 17.6. The van der Waals surface area contributed by atoms with E-state index in [2.05, 4.69) is 10.3 Å². The van der Waals surface area contributed by atoms with Gasteiger partial charge in [0.05, 0.1) is 16.9 Å². The van der Waals surface area contributed by atoms with Gasteiger partial charge in [-0.1, -0.05) is 17.7 Å². The Kier molecular flexibility index (Phi) is 6.40. The maximum atomic E-state index is 15.4. The second kappa shape index (κ2) is 9.41. The molecule has 2 heterocycles. The third kappa shape index (κ3) is 4.66. The molecule has 1 aromatic carbocycles. The van der Waals surface area contributed by atoms with E-state index < -0.39 is 17.3 Å². The molecule has 0 radical (unpaired) electrons. The van der Waals surface area contributed by atoms with Crippen molar-refractivity contribution in [2.75, 3.05) is 14.1 Å². The first kappa shape index (κ1) is 25.1. The molecule has 0 saturated heterocycles. The molecule has 9 heteroatoms. The summed E-state index contributed by atoms with van der Waals surface area (Å²) in [6.07, 6.45) is 4.27. The summed E-state index contributed by atoms with van der Waals surface area (Å²) < 4.78 is 16.8. The highest BCUT2D eigenvalue weighted by Gasteiger charge is 2.46. The number of hydrogen-bond acceptors (Lipinski definition) is 4. The Morgan fingerprint density at radius 3 is 2.59 bits per heavy atom. The number of benzene rings is 1. The van der Waals surface area contributed by atoms with Crippen molar-refractivity contribution in [1.29, 1.82) is 0 Å². The van der Waals surface area contributed by atoms with E-state index in [4.69, 9.17) is 11.6 Å². The number of hydrogen-bond donors (Lipinski definition) is 1. The van der Waals surface area contributed by atoms with Crippen LogP contribution < -0.4 is 10.9 Å². The molecule has 1 N–H and O–H groups in total. The molecule has 192 valence electrons. The second-order valence-corrected chi connectivity index (χ2v) is 10.5.